The molecule has 1 heterocycles. The zero-order valence-corrected chi connectivity index (χ0v) is 10.1. The number of aryl methyl sites for hydroxylation is 1. The standard InChI is InChI=1S/C10H9F2N3O2S/c1-15-5-4-10(13-15)14-18(16,17)7-2-3-8(11)9(12)6-7/h2-6H,1H3,(H,13,14). The second-order valence-corrected chi connectivity index (χ2v) is 5.24. The smallest absolute Gasteiger partial charge is 0.263 e. The number of halogens is 2. The molecule has 5 nitrogen and oxygen atoms in total. The van der Waals surface area contributed by atoms with Crippen molar-refractivity contribution in [3.63, 3.8) is 0 Å². The first-order valence-corrected chi connectivity index (χ1v) is 6.34. The van der Waals surface area contributed by atoms with Crippen LogP contribution in [-0.4, -0.2) is 18.2 Å². The highest BCUT2D eigenvalue weighted by Crippen LogP contribution is 2.16. The molecular weight excluding hydrogens is 264 g/mol. The molecule has 0 saturated carbocycles. The molecule has 0 aliphatic heterocycles. The third-order valence-electron chi connectivity index (χ3n) is 2.15. The Balaban J connectivity index is 2.33. The van der Waals surface area contributed by atoms with Crippen LogP contribution in [0.4, 0.5) is 14.6 Å². The Bertz CT molecular complexity index is 682. The van der Waals surface area contributed by atoms with Crippen molar-refractivity contribution in [2.24, 2.45) is 7.05 Å². The van der Waals surface area contributed by atoms with Crippen LogP contribution in [0.5, 0.6) is 0 Å². The summed E-state index contributed by atoms with van der Waals surface area (Å²) in [5, 5.41) is 3.82. The molecule has 0 radical (unpaired) electrons. The summed E-state index contributed by atoms with van der Waals surface area (Å²) in [5.41, 5.74) is 0. The number of sulfonamides is 1. The van der Waals surface area contributed by atoms with E-state index in [0.717, 1.165) is 12.1 Å². The van der Waals surface area contributed by atoms with E-state index in [1.165, 1.54) is 10.7 Å². The summed E-state index contributed by atoms with van der Waals surface area (Å²) in [4.78, 5) is -0.368. The molecule has 0 spiro atoms. The minimum Gasteiger partial charge on any atom is -0.274 e. The molecule has 1 N–H and O–H groups in total. The van der Waals surface area contributed by atoms with Crippen LogP contribution in [0.2, 0.25) is 0 Å². The van der Waals surface area contributed by atoms with Gasteiger partial charge in [-0.25, -0.2) is 17.2 Å². The van der Waals surface area contributed by atoms with Gasteiger partial charge in [0.2, 0.25) is 0 Å². The van der Waals surface area contributed by atoms with Gasteiger partial charge in [0.15, 0.2) is 17.5 Å². The summed E-state index contributed by atoms with van der Waals surface area (Å²) in [6, 6.07) is 3.78. The fraction of sp³-hybridized carbons (Fsp3) is 0.100. The van der Waals surface area contributed by atoms with Gasteiger partial charge in [-0.3, -0.25) is 9.40 Å². The number of anilines is 1. The summed E-state index contributed by atoms with van der Waals surface area (Å²) in [5.74, 6) is -2.23. The van der Waals surface area contributed by atoms with Gasteiger partial charge in [0, 0.05) is 19.3 Å². The van der Waals surface area contributed by atoms with Crippen molar-refractivity contribution < 1.29 is 17.2 Å². The van der Waals surface area contributed by atoms with E-state index in [4.69, 9.17) is 0 Å². The normalized spacial score (nSPS) is 11.5. The van der Waals surface area contributed by atoms with Crippen molar-refractivity contribution in [2.45, 2.75) is 4.90 Å². The lowest BCUT2D eigenvalue weighted by atomic mass is 10.3. The lowest BCUT2D eigenvalue weighted by molar-refractivity contribution is 0.504. The maximum Gasteiger partial charge on any atom is 0.263 e. The van der Waals surface area contributed by atoms with Crippen molar-refractivity contribution in [3.05, 3.63) is 42.1 Å². The highest BCUT2D eigenvalue weighted by molar-refractivity contribution is 7.92. The Kier molecular flexibility index (Phi) is 3.04. The fourth-order valence-corrected chi connectivity index (χ4v) is 2.32. The van der Waals surface area contributed by atoms with E-state index in [-0.39, 0.29) is 10.7 Å². The fourth-order valence-electron chi connectivity index (χ4n) is 1.31. The van der Waals surface area contributed by atoms with E-state index in [0.29, 0.717) is 6.07 Å². The number of hydrogen-bond acceptors (Lipinski definition) is 3. The van der Waals surface area contributed by atoms with Crippen molar-refractivity contribution in [2.75, 3.05) is 4.72 Å². The molecule has 96 valence electrons. The number of nitrogens with zero attached hydrogens (tertiary/aromatic N) is 2. The van der Waals surface area contributed by atoms with Crippen molar-refractivity contribution in [1.29, 1.82) is 0 Å². The molecular formula is C10H9F2N3O2S. The molecule has 0 unspecified atom stereocenters. The van der Waals surface area contributed by atoms with Crippen LogP contribution in [0.3, 0.4) is 0 Å². The maximum atomic E-state index is 13.0. The Hall–Kier alpha value is -1.96. The van der Waals surface area contributed by atoms with Gasteiger partial charge in [-0.2, -0.15) is 5.10 Å². The first-order chi connectivity index (χ1) is 8.38. The van der Waals surface area contributed by atoms with Gasteiger partial charge in [0.25, 0.3) is 10.0 Å². The second-order valence-electron chi connectivity index (χ2n) is 3.56. The Labute approximate surface area is 102 Å². The van der Waals surface area contributed by atoms with E-state index in [9.17, 15) is 17.2 Å². The molecule has 2 aromatic rings. The van der Waals surface area contributed by atoms with Gasteiger partial charge in [-0.05, 0) is 18.2 Å². The van der Waals surface area contributed by atoms with E-state index >= 15 is 0 Å². The Morgan fingerprint density at radius 2 is 1.94 bits per heavy atom. The highest BCUT2D eigenvalue weighted by atomic mass is 32.2. The topological polar surface area (TPSA) is 64.0 Å². The Morgan fingerprint density at radius 3 is 2.50 bits per heavy atom. The summed E-state index contributed by atoms with van der Waals surface area (Å²) in [7, 11) is -2.35. The average molecular weight is 273 g/mol. The van der Waals surface area contributed by atoms with Gasteiger partial charge in [-0.15, -0.1) is 0 Å². The molecule has 0 atom stereocenters. The van der Waals surface area contributed by atoms with Gasteiger partial charge in [0.1, 0.15) is 0 Å². The first kappa shape index (κ1) is 12.5. The zero-order chi connectivity index (χ0) is 13.3. The summed E-state index contributed by atoms with van der Waals surface area (Å²) in [6.45, 7) is 0. The molecule has 0 aliphatic rings. The molecule has 18 heavy (non-hydrogen) atoms. The van der Waals surface area contributed by atoms with Crippen LogP contribution in [0.1, 0.15) is 0 Å². The predicted molar refractivity (Wildman–Crippen MR) is 60.4 cm³/mol. The predicted octanol–water partition coefficient (Wildman–Crippen LogP) is 1.50. The monoisotopic (exact) mass is 273 g/mol. The Morgan fingerprint density at radius 1 is 1.22 bits per heavy atom. The van der Waals surface area contributed by atoms with Gasteiger partial charge in [-0.1, -0.05) is 0 Å². The lowest BCUT2D eigenvalue weighted by Gasteiger charge is -2.05. The highest BCUT2D eigenvalue weighted by Gasteiger charge is 2.17. The van der Waals surface area contributed by atoms with Crippen molar-refractivity contribution >= 4 is 15.8 Å². The van der Waals surface area contributed by atoms with Crippen LogP contribution in [0.25, 0.3) is 0 Å². The van der Waals surface area contributed by atoms with Gasteiger partial charge < -0.3 is 0 Å². The molecule has 1 aromatic carbocycles. The molecule has 0 amide bonds. The van der Waals surface area contributed by atoms with Crippen LogP contribution >= 0.6 is 0 Å². The summed E-state index contributed by atoms with van der Waals surface area (Å²) in [6.07, 6.45) is 1.54. The summed E-state index contributed by atoms with van der Waals surface area (Å²) < 4.78 is 52.9. The maximum absolute atomic E-state index is 13.0. The third kappa shape index (κ3) is 2.48. The van der Waals surface area contributed by atoms with Gasteiger partial charge >= 0.3 is 0 Å². The third-order valence-corrected chi connectivity index (χ3v) is 3.51. The number of hydrogen-bond donors (Lipinski definition) is 1. The van der Waals surface area contributed by atoms with E-state index < -0.39 is 21.7 Å². The SMILES string of the molecule is Cn1ccc(NS(=O)(=O)c2ccc(F)c(F)c2)n1. The van der Waals surface area contributed by atoms with Crippen LogP contribution in [-0.2, 0) is 17.1 Å². The molecule has 0 fully saturated rings. The number of aromatic nitrogens is 2. The van der Waals surface area contributed by atoms with E-state index in [2.05, 4.69) is 9.82 Å². The second kappa shape index (κ2) is 4.37. The van der Waals surface area contributed by atoms with Crippen LogP contribution < -0.4 is 4.72 Å². The number of nitrogens with one attached hydrogen (secondary N) is 1. The van der Waals surface area contributed by atoms with Crippen molar-refractivity contribution in [3.8, 4) is 0 Å². The molecule has 1 aromatic heterocycles. The minimum atomic E-state index is -3.97. The lowest BCUT2D eigenvalue weighted by Crippen LogP contribution is -2.14. The molecule has 8 heteroatoms. The van der Waals surface area contributed by atoms with E-state index in [1.807, 2.05) is 0 Å². The van der Waals surface area contributed by atoms with E-state index in [1.54, 1.807) is 13.2 Å². The quantitative estimate of drug-likeness (QED) is 0.921. The largest absolute Gasteiger partial charge is 0.274 e. The minimum absolute atomic E-state index is 0.0993. The average Bonchev–Trinajstić information content (AvgIpc) is 2.67. The number of benzene rings is 1. The molecule has 0 bridgehead atoms. The van der Waals surface area contributed by atoms with Gasteiger partial charge in [0.05, 0.1) is 4.90 Å². The molecule has 2 rings (SSSR count). The number of rotatable bonds is 3. The molecule has 0 aliphatic carbocycles. The van der Waals surface area contributed by atoms with Crippen LogP contribution in [0, 0.1) is 11.6 Å². The van der Waals surface area contributed by atoms with Crippen LogP contribution in [0.15, 0.2) is 35.4 Å². The summed E-state index contributed by atoms with van der Waals surface area (Å²) >= 11 is 0. The van der Waals surface area contributed by atoms with Crippen molar-refractivity contribution in [1.82, 2.24) is 9.78 Å². The molecule has 0 saturated heterocycles. The first-order valence-electron chi connectivity index (χ1n) is 4.86. The zero-order valence-electron chi connectivity index (χ0n) is 9.26.